The van der Waals surface area contributed by atoms with Crippen LogP contribution in [0.1, 0.15) is 5.56 Å². The first-order valence-electron chi connectivity index (χ1n) is 6.11. The number of nitrogens with two attached hydrogens (primary N) is 2. The molecule has 0 aliphatic heterocycles. The molecule has 6 heteroatoms. The molecule has 0 aromatic heterocycles. The van der Waals surface area contributed by atoms with Gasteiger partial charge >= 0.3 is 0 Å². The van der Waals surface area contributed by atoms with E-state index < -0.39 is 0 Å². The number of nitrogens with zero attached hydrogens (tertiary/aromatic N) is 1. The Bertz CT molecular complexity index is 614. The molecule has 0 fully saturated rings. The molecule has 4 N–H and O–H groups in total. The normalized spacial score (nSPS) is 10.4. The third-order valence-corrected chi connectivity index (χ3v) is 3.83. The van der Waals surface area contributed by atoms with Crippen LogP contribution in [0.4, 0.5) is 11.4 Å². The predicted molar refractivity (Wildman–Crippen MR) is 80.8 cm³/mol. The summed E-state index contributed by atoms with van der Waals surface area (Å²) in [4.78, 5) is 12.3. The lowest BCUT2D eigenvalue weighted by Crippen LogP contribution is -2.03. The smallest absolute Gasteiger partial charge is 0.283 e. The summed E-state index contributed by atoms with van der Waals surface area (Å²) in [6.45, 7) is 0.474. The number of nitrogen functional groups attached to an aromatic ring is 1. The van der Waals surface area contributed by atoms with Gasteiger partial charge in [-0.3, -0.25) is 10.1 Å². The van der Waals surface area contributed by atoms with Gasteiger partial charge in [0.1, 0.15) is 0 Å². The average Bonchev–Trinajstić information content (AvgIpc) is 2.43. The van der Waals surface area contributed by atoms with Crippen molar-refractivity contribution in [2.24, 2.45) is 5.73 Å². The van der Waals surface area contributed by atoms with E-state index in [9.17, 15) is 10.1 Å². The van der Waals surface area contributed by atoms with Crippen molar-refractivity contribution in [1.82, 2.24) is 0 Å². The van der Waals surface area contributed by atoms with Gasteiger partial charge in [-0.05, 0) is 48.9 Å². The topological polar surface area (TPSA) is 95.2 Å². The monoisotopic (exact) mass is 289 g/mol. The van der Waals surface area contributed by atoms with Crippen molar-refractivity contribution in [1.29, 1.82) is 0 Å². The lowest BCUT2D eigenvalue weighted by molar-refractivity contribution is -0.387. The molecule has 0 radical (unpaired) electrons. The number of hydrogen-bond acceptors (Lipinski definition) is 5. The highest BCUT2D eigenvalue weighted by Crippen LogP contribution is 2.35. The van der Waals surface area contributed by atoms with Gasteiger partial charge in [0, 0.05) is 16.6 Å². The lowest BCUT2D eigenvalue weighted by atomic mass is 10.1. The number of nitro groups is 1. The van der Waals surface area contributed by atoms with Crippen LogP contribution in [0.5, 0.6) is 0 Å². The zero-order chi connectivity index (χ0) is 14.5. The predicted octanol–water partition coefficient (Wildman–Crippen LogP) is 2.83. The number of benzene rings is 2. The van der Waals surface area contributed by atoms with Crippen LogP contribution < -0.4 is 11.5 Å². The second-order valence-corrected chi connectivity index (χ2v) is 5.38. The first-order chi connectivity index (χ1) is 9.60. The highest BCUT2D eigenvalue weighted by molar-refractivity contribution is 7.99. The van der Waals surface area contributed by atoms with Crippen molar-refractivity contribution in [3.63, 3.8) is 0 Å². The van der Waals surface area contributed by atoms with E-state index in [1.54, 1.807) is 24.3 Å². The number of hydrogen-bond donors (Lipinski definition) is 2. The third-order valence-electron chi connectivity index (χ3n) is 2.76. The summed E-state index contributed by atoms with van der Waals surface area (Å²) >= 11 is 1.35. The molecule has 104 valence electrons. The molecule has 0 heterocycles. The second kappa shape index (κ2) is 6.40. The van der Waals surface area contributed by atoms with Crippen molar-refractivity contribution in [3.8, 4) is 0 Å². The van der Waals surface area contributed by atoms with Crippen LogP contribution >= 0.6 is 11.8 Å². The van der Waals surface area contributed by atoms with E-state index in [2.05, 4.69) is 0 Å². The molecule has 0 aliphatic rings. The fraction of sp³-hybridized carbons (Fsp3) is 0.143. The van der Waals surface area contributed by atoms with Crippen LogP contribution in [-0.4, -0.2) is 11.5 Å². The molecule has 0 saturated heterocycles. The van der Waals surface area contributed by atoms with Gasteiger partial charge in [-0.15, -0.1) is 0 Å². The Morgan fingerprint density at radius 1 is 1.15 bits per heavy atom. The van der Waals surface area contributed by atoms with Gasteiger partial charge in [0.05, 0.1) is 9.82 Å². The zero-order valence-corrected chi connectivity index (χ0v) is 11.6. The van der Waals surface area contributed by atoms with Gasteiger partial charge in [0.2, 0.25) is 0 Å². The summed E-state index contributed by atoms with van der Waals surface area (Å²) in [6, 6.07) is 12.5. The Morgan fingerprint density at radius 3 is 2.45 bits per heavy atom. The van der Waals surface area contributed by atoms with E-state index >= 15 is 0 Å². The maximum absolute atomic E-state index is 11.2. The van der Waals surface area contributed by atoms with Crippen molar-refractivity contribution in [2.45, 2.75) is 16.2 Å². The van der Waals surface area contributed by atoms with E-state index in [0.29, 0.717) is 23.5 Å². The molecule has 0 spiro atoms. The molecule has 0 unspecified atom stereocenters. The fourth-order valence-electron chi connectivity index (χ4n) is 1.78. The molecule has 0 atom stereocenters. The molecule has 0 aliphatic carbocycles. The third kappa shape index (κ3) is 3.49. The van der Waals surface area contributed by atoms with Gasteiger partial charge < -0.3 is 11.5 Å². The van der Waals surface area contributed by atoms with E-state index in [0.717, 1.165) is 10.5 Å². The lowest BCUT2D eigenvalue weighted by Gasteiger charge is -2.05. The quantitative estimate of drug-likeness (QED) is 0.501. The average molecular weight is 289 g/mol. The number of anilines is 1. The van der Waals surface area contributed by atoms with E-state index in [-0.39, 0.29) is 10.6 Å². The molecule has 20 heavy (non-hydrogen) atoms. The van der Waals surface area contributed by atoms with Crippen molar-refractivity contribution in [3.05, 3.63) is 58.1 Å². The molecule has 0 saturated carbocycles. The summed E-state index contributed by atoms with van der Waals surface area (Å²) in [5, 5.41) is 11.2. The van der Waals surface area contributed by atoms with Gasteiger partial charge in [0.15, 0.2) is 0 Å². The minimum Gasteiger partial charge on any atom is -0.399 e. The molecule has 2 aromatic carbocycles. The maximum atomic E-state index is 11.2. The fourth-order valence-corrected chi connectivity index (χ4v) is 2.68. The first-order valence-corrected chi connectivity index (χ1v) is 6.92. The highest BCUT2D eigenvalue weighted by atomic mass is 32.2. The Hall–Kier alpha value is -2.05. The van der Waals surface area contributed by atoms with Gasteiger partial charge in [0.25, 0.3) is 5.69 Å². The van der Waals surface area contributed by atoms with Crippen LogP contribution in [-0.2, 0) is 6.42 Å². The molecule has 5 nitrogen and oxygen atoms in total. The minimum atomic E-state index is -0.361. The maximum Gasteiger partial charge on any atom is 0.283 e. The summed E-state index contributed by atoms with van der Waals surface area (Å²) in [7, 11) is 0. The van der Waals surface area contributed by atoms with Gasteiger partial charge in [-0.25, -0.2) is 0 Å². The van der Waals surface area contributed by atoms with Crippen LogP contribution in [0.15, 0.2) is 52.3 Å². The van der Waals surface area contributed by atoms with Crippen LogP contribution in [0.3, 0.4) is 0 Å². The summed E-state index contributed by atoms with van der Waals surface area (Å²) < 4.78 is 0. The van der Waals surface area contributed by atoms with Crippen molar-refractivity contribution in [2.75, 3.05) is 12.3 Å². The number of rotatable bonds is 5. The Labute approximate surface area is 121 Å². The van der Waals surface area contributed by atoms with Crippen molar-refractivity contribution >= 4 is 23.1 Å². The molecule has 2 aromatic rings. The molecule has 0 bridgehead atoms. The van der Waals surface area contributed by atoms with E-state index in [1.807, 2.05) is 18.2 Å². The Morgan fingerprint density at radius 2 is 1.85 bits per heavy atom. The van der Waals surface area contributed by atoms with Crippen molar-refractivity contribution < 1.29 is 4.92 Å². The zero-order valence-electron chi connectivity index (χ0n) is 10.8. The SMILES string of the molecule is NCCc1ccc(Sc2ccc(N)cc2)c([N+](=O)[O-])c1. The summed E-state index contributed by atoms with van der Waals surface area (Å²) in [6.07, 6.45) is 0.633. The van der Waals surface area contributed by atoms with E-state index in [1.165, 1.54) is 11.8 Å². The summed E-state index contributed by atoms with van der Waals surface area (Å²) in [5.41, 5.74) is 12.8. The Kier molecular flexibility index (Phi) is 4.60. The first kappa shape index (κ1) is 14.4. The Balaban J connectivity index is 2.30. The molecule has 0 amide bonds. The highest BCUT2D eigenvalue weighted by Gasteiger charge is 2.15. The van der Waals surface area contributed by atoms with Gasteiger partial charge in [-0.1, -0.05) is 17.8 Å². The summed E-state index contributed by atoms with van der Waals surface area (Å²) in [5.74, 6) is 0. The largest absolute Gasteiger partial charge is 0.399 e. The second-order valence-electron chi connectivity index (χ2n) is 4.27. The van der Waals surface area contributed by atoms with Gasteiger partial charge in [-0.2, -0.15) is 0 Å². The van der Waals surface area contributed by atoms with Crippen LogP contribution in [0.25, 0.3) is 0 Å². The number of nitro benzene ring substituents is 1. The standard InChI is InChI=1S/C14H15N3O2S/c15-8-7-10-1-6-14(13(9-10)17(18)19)20-12-4-2-11(16)3-5-12/h1-6,9H,7-8,15-16H2. The van der Waals surface area contributed by atoms with E-state index in [4.69, 9.17) is 11.5 Å². The molecule has 2 rings (SSSR count). The van der Waals surface area contributed by atoms with Crippen LogP contribution in [0.2, 0.25) is 0 Å². The molecular weight excluding hydrogens is 274 g/mol. The molecular formula is C14H15N3O2S. The van der Waals surface area contributed by atoms with Crippen LogP contribution in [0, 0.1) is 10.1 Å². The minimum absolute atomic E-state index is 0.109.